The molecule has 1 rings (SSSR count). The van der Waals surface area contributed by atoms with Gasteiger partial charge in [0.25, 0.3) is 0 Å². The Labute approximate surface area is 119 Å². The minimum atomic E-state index is -0.150. The lowest BCUT2D eigenvalue weighted by Crippen LogP contribution is -2.39. The van der Waals surface area contributed by atoms with Crippen LogP contribution in [0, 0.1) is 11.3 Å². The van der Waals surface area contributed by atoms with Crippen molar-refractivity contribution in [1.29, 1.82) is 5.26 Å². The first-order valence-corrected chi connectivity index (χ1v) is 6.56. The zero-order valence-corrected chi connectivity index (χ0v) is 11.8. The van der Waals surface area contributed by atoms with Gasteiger partial charge in [0.05, 0.1) is 24.6 Å². The van der Waals surface area contributed by atoms with Gasteiger partial charge in [-0.05, 0) is 24.1 Å². The van der Waals surface area contributed by atoms with Crippen molar-refractivity contribution in [3.05, 3.63) is 35.4 Å². The number of benzene rings is 1. The molecule has 0 fully saturated rings. The SMILES string of the molecule is CCCNC(=O)CN(C)C(=O)Cc1ccc(C#N)cc1. The van der Waals surface area contributed by atoms with E-state index in [2.05, 4.69) is 5.32 Å². The molecule has 5 heteroatoms. The normalized spacial score (nSPS) is 9.65. The summed E-state index contributed by atoms with van der Waals surface area (Å²) >= 11 is 0. The molecule has 1 N–H and O–H groups in total. The average Bonchev–Trinajstić information content (AvgIpc) is 2.45. The van der Waals surface area contributed by atoms with E-state index in [0.717, 1.165) is 12.0 Å². The quantitative estimate of drug-likeness (QED) is 0.843. The van der Waals surface area contributed by atoms with Gasteiger partial charge in [-0.25, -0.2) is 0 Å². The van der Waals surface area contributed by atoms with Gasteiger partial charge in [0.2, 0.25) is 11.8 Å². The molecule has 0 atom stereocenters. The van der Waals surface area contributed by atoms with Gasteiger partial charge < -0.3 is 10.2 Å². The monoisotopic (exact) mass is 273 g/mol. The standard InChI is InChI=1S/C15H19N3O2/c1-3-8-17-14(19)11-18(2)15(20)9-12-4-6-13(10-16)7-5-12/h4-7H,3,8-9,11H2,1-2H3,(H,17,19). The molecule has 0 saturated carbocycles. The maximum absolute atomic E-state index is 12.0. The maximum atomic E-state index is 12.0. The van der Waals surface area contributed by atoms with E-state index in [9.17, 15) is 9.59 Å². The van der Waals surface area contributed by atoms with Crippen LogP contribution in [0.5, 0.6) is 0 Å². The van der Waals surface area contributed by atoms with E-state index in [0.29, 0.717) is 12.1 Å². The number of hydrogen-bond acceptors (Lipinski definition) is 3. The minimum Gasteiger partial charge on any atom is -0.355 e. The zero-order valence-electron chi connectivity index (χ0n) is 11.8. The van der Waals surface area contributed by atoms with Crippen LogP contribution >= 0.6 is 0 Å². The molecule has 0 saturated heterocycles. The highest BCUT2D eigenvalue weighted by molar-refractivity contribution is 5.85. The molecule has 0 aliphatic heterocycles. The van der Waals surface area contributed by atoms with Crippen molar-refractivity contribution in [1.82, 2.24) is 10.2 Å². The van der Waals surface area contributed by atoms with Crippen LogP contribution in [0.1, 0.15) is 24.5 Å². The topological polar surface area (TPSA) is 73.2 Å². The Balaban J connectivity index is 2.48. The van der Waals surface area contributed by atoms with Crippen LogP contribution in [-0.2, 0) is 16.0 Å². The molecule has 0 radical (unpaired) electrons. The molecule has 0 spiro atoms. The van der Waals surface area contributed by atoms with Gasteiger partial charge in [0, 0.05) is 13.6 Å². The number of carbonyl (C=O) groups excluding carboxylic acids is 2. The molecule has 0 aliphatic rings. The van der Waals surface area contributed by atoms with Crippen molar-refractivity contribution in [2.45, 2.75) is 19.8 Å². The number of carbonyl (C=O) groups is 2. The van der Waals surface area contributed by atoms with Gasteiger partial charge in [0.15, 0.2) is 0 Å². The molecule has 0 unspecified atom stereocenters. The molecule has 1 aromatic rings. The van der Waals surface area contributed by atoms with E-state index in [-0.39, 0.29) is 24.8 Å². The molecule has 5 nitrogen and oxygen atoms in total. The Bertz CT molecular complexity index is 503. The van der Waals surface area contributed by atoms with Crippen molar-refractivity contribution < 1.29 is 9.59 Å². The van der Waals surface area contributed by atoms with Gasteiger partial charge in [0.1, 0.15) is 0 Å². The maximum Gasteiger partial charge on any atom is 0.239 e. The smallest absolute Gasteiger partial charge is 0.239 e. The summed E-state index contributed by atoms with van der Waals surface area (Å²) in [5.74, 6) is -0.274. The Kier molecular flexibility index (Phi) is 6.24. The third-order valence-corrected chi connectivity index (χ3v) is 2.82. The Morgan fingerprint density at radius 1 is 1.30 bits per heavy atom. The fraction of sp³-hybridized carbons (Fsp3) is 0.400. The van der Waals surface area contributed by atoms with Crippen molar-refractivity contribution in [2.24, 2.45) is 0 Å². The first-order valence-electron chi connectivity index (χ1n) is 6.56. The molecule has 0 aliphatic carbocycles. The van der Waals surface area contributed by atoms with Gasteiger partial charge in [-0.3, -0.25) is 9.59 Å². The number of hydrogen-bond donors (Lipinski definition) is 1. The molecule has 1 aromatic carbocycles. The van der Waals surface area contributed by atoms with Gasteiger partial charge in [-0.2, -0.15) is 5.26 Å². The average molecular weight is 273 g/mol. The summed E-state index contributed by atoms with van der Waals surface area (Å²) in [6.45, 7) is 2.66. The molecule has 2 amide bonds. The number of rotatable bonds is 6. The summed E-state index contributed by atoms with van der Waals surface area (Å²) < 4.78 is 0. The summed E-state index contributed by atoms with van der Waals surface area (Å²) in [6.07, 6.45) is 1.10. The molecular weight excluding hydrogens is 254 g/mol. The zero-order chi connectivity index (χ0) is 15.0. The van der Waals surface area contributed by atoms with Crippen molar-refractivity contribution >= 4 is 11.8 Å². The second kappa shape index (κ2) is 7.95. The highest BCUT2D eigenvalue weighted by Gasteiger charge is 2.13. The lowest BCUT2D eigenvalue weighted by atomic mass is 10.1. The fourth-order valence-electron chi connectivity index (χ4n) is 1.63. The molecule has 0 aromatic heterocycles. The van der Waals surface area contributed by atoms with E-state index >= 15 is 0 Å². The highest BCUT2D eigenvalue weighted by Crippen LogP contribution is 2.05. The van der Waals surface area contributed by atoms with Crippen LogP contribution in [0.25, 0.3) is 0 Å². The number of amides is 2. The number of likely N-dealkylation sites (N-methyl/N-ethyl adjacent to an activating group) is 1. The van der Waals surface area contributed by atoms with Crippen LogP contribution in [0.4, 0.5) is 0 Å². The number of nitrogens with one attached hydrogen (secondary N) is 1. The number of nitrogens with zero attached hydrogens (tertiary/aromatic N) is 2. The Morgan fingerprint density at radius 2 is 1.95 bits per heavy atom. The highest BCUT2D eigenvalue weighted by atomic mass is 16.2. The molecule has 0 bridgehead atoms. The van der Waals surface area contributed by atoms with Crippen LogP contribution in [-0.4, -0.2) is 36.9 Å². The van der Waals surface area contributed by atoms with Crippen molar-refractivity contribution in [2.75, 3.05) is 20.1 Å². The van der Waals surface area contributed by atoms with Crippen molar-refractivity contribution in [3.63, 3.8) is 0 Å². The summed E-state index contributed by atoms with van der Waals surface area (Å²) in [7, 11) is 1.61. The van der Waals surface area contributed by atoms with E-state index in [1.165, 1.54) is 4.90 Å². The Morgan fingerprint density at radius 3 is 2.50 bits per heavy atom. The first kappa shape index (κ1) is 15.7. The molecule has 106 valence electrons. The molecule has 0 heterocycles. The largest absolute Gasteiger partial charge is 0.355 e. The van der Waals surface area contributed by atoms with E-state index in [1.807, 2.05) is 13.0 Å². The lowest BCUT2D eigenvalue weighted by Gasteiger charge is -2.16. The minimum absolute atomic E-state index is 0.0646. The summed E-state index contributed by atoms with van der Waals surface area (Å²) in [6, 6.07) is 8.88. The van der Waals surface area contributed by atoms with Crippen LogP contribution in [0.15, 0.2) is 24.3 Å². The number of nitriles is 1. The molecular formula is C15H19N3O2. The van der Waals surface area contributed by atoms with Gasteiger partial charge >= 0.3 is 0 Å². The Hall–Kier alpha value is -2.35. The predicted molar refractivity (Wildman–Crippen MR) is 75.8 cm³/mol. The van der Waals surface area contributed by atoms with Gasteiger partial charge in [-0.15, -0.1) is 0 Å². The third-order valence-electron chi connectivity index (χ3n) is 2.82. The van der Waals surface area contributed by atoms with Crippen LogP contribution in [0.2, 0.25) is 0 Å². The van der Waals surface area contributed by atoms with Crippen molar-refractivity contribution in [3.8, 4) is 6.07 Å². The third kappa shape index (κ3) is 5.11. The fourth-order valence-corrected chi connectivity index (χ4v) is 1.63. The van der Waals surface area contributed by atoms with E-state index in [1.54, 1.807) is 31.3 Å². The van der Waals surface area contributed by atoms with Crippen LogP contribution in [0.3, 0.4) is 0 Å². The second-order valence-corrected chi connectivity index (χ2v) is 4.59. The predicted octanol–water partition coefficient (Wildman–Crippen LogP) is 1.09. The summed E-state index contributed by atoms with van der Waals surface area (Å²) in [5.41, 5.74) is 1.39. The summed E-state index contributed by atoms with van der Waals surface area (Å²) in [4.78, 5) is 24.9. The van der Waals surface area contributed by atoms with E-state index < -0.39 is 0 Å². The van der Waals surface area contributed by atoms with Gasteiger partial charge in [-0.1, -0.05) is 19.1 Å². The second-order valence-electron chi connectivity index (χ2n) is 4.59. The summed E-state index contributed by atoms with van der Waals surface area (Å²) in [5, 5.41) is 11.4. The lowest BCUT2D eigenvalue weighted by molar-refractivity contribution is -0.134. The van der Waals surface area contributed by atoms with Crippen LogP contribution < -0.4 is 5.32 Å². The van der Waals surface area contributed by atoms with E-state index in [4.69, 9.17) is 5.26 Å². The molecule has 20 heavy (non-hydrogen) atoms. The first-order chi connectivity index (χ1) is 9.56.